The normalized spacial score (nSPS) is 10.1. The number of benzene rings is 1. The molecule has 1 aromatic rings. The number of ether oxygens (including phenoxy) is 1. The van der Waals surface area contributed by atoms with E-state index >= 15 is 0 Å². The fraction of sp³-hybridized carbons (Fsp3) is 0.429. The number of rotatable bonds is 6. The molecule has 0 fully saturated rings. The lowest BCUT2D eigenvalue weighted by atomic mass is 10.1. The van der Waals surface area contributed by atoms with Gasteiger partial charge in [0.1, 0.15) is 11.6 Å². The van der Waals surface area contributed by atoms with Crippen LogP contribution in [-0.2, 0) is 4.79 Å². The highest BCUT2D eigenvalue weighted by Crippen LogP contribution is 2.20. The Bertz CT molecular complexity index is 472. The van der Waals surface area contributed by atoms with Gasteiger partial charge in [-0.05, 0) is 31.5 Å². The Morgan fingerprint density at radius 2 is 2.00 bits per heavy atom. The number of carbonyl (C=O) groups is 2. The summed E-state index contributed by atoms with van der Waals surface area (Å²) in [5, 5.41) is 0. The molecule has 0 saturated carbocycles. The van der Waals surface area contributed by atoms with Gasteiger partial charge in [0.2, 0.25) is 5.91 Å². The van der Waals surface area contributed by atoms with E-state index in [1.807, 2.05) is 0 Å². The number of nitrogens with zero attached hydrogens (tertiary/aromatic N) is 1. The maximum Gasteiger partial charge on any atom is 0.222 e. The minimum atomic E-state index is -0.472. The molecule has 0 aliphatic heterocycles. The van der Waals surface area contributed by atoms with Gasteiger partial charge in [-0.1, -0.05) is 0 Å². The molecule has 0 atom stereocenters. The van der Waals surface area contributed by atoms with E-state index in [2.05, 4.69) is 0 Å². The van der Waals surface area contributed by atoms with E-state index < -0.39 is 5.82 Å². The first kappa shape index (κ1) is 15.1. The van der Waals surface area contributed by atoms with Crippen LogP contribution in [0, 0.1) is 5.82 Å². The van der Waals surface area contributed by atoms with E-state index in [9.17, 15) is 14.0 Å². The minimum Gasteiger partial charge on any atom is -0.493 e. The van der Waals surface area contributed by atoms with Crippen LogP contribution in [0.25, 0.3) is 0 Å². The molecule has 1 rings (SSSR count). The van der Waals surface area contributed by atoms with Gasteiger partial charge in [-0.2, -0.15) is 0 Å². The highest BCUT2D eigenvalue weighted by molar-refractivity contribution is 5.96. The Balaban J connectivity index is 2.54. The van der Waals surface area contributed by atoms with Gasteiger partial charge in [-0.15, -0.1) is 0 Å². The van der Waals surface area contributed by atoms with Gasteiger partial charge in [0.05, 0.1) is 12.2 Å². The number of ketones is 1. The zero-order valence-corrected chi connectivity index (χ0v) is 11.4. The Labute approximate surface area is 112 Å². The monoisotopic (exact) mass is 267 g/mol. The second kappa shape index (κ2) is 6.87. The number of hydrogen-bond acceptors (Lipinski definition) is 3. The van der Waals surface area contributed by atoms with Crippen LogP contribution >= 0.6 is 0 Å². The van der Waals surface area contributed by atoms with Gasteiger partial charge in [0.25, 0.3) is 0 Å². The summed E-state index contributed by atoms with van der Waals surface area (Å²) in [6.45, 7) is 1.67. The summed E-state index contributed by atoms with van der Waals surface area (Å²) in [5.41, 5.74) is 0.221. The van der Waals surface area contributed by atoms with Gasteiger partial charge in [0.15, 0.2) is 5.78 Å². The predicted octanol–water partition coefficient (Wildman–Crippen LogP) is 2.28. The molecule has 0 bridgehead atoms. The fourth-order valence-corrected chi connectivity index (χ4v) is 1.53. The van der Waals surface area contributed by atoms with Crippen molar-refractivity contribution >= 4 is 11.7 Å². The second-order valence-corrected chi connectivity index (χ2v) is 4.44. The molecular weight excluding hydrogens is 249 g/mol. The molecule has 4 nitrogen and oxygen atoms in total. The number of hydrogen-bond donors (Lipinski definition) is 0. The van der Waals surface area contributed by atoms with Crippen LogP contribution in [0.15, 0.2) is 18.2 Å². The van der Waals surface area contributed by atoms with Gasteiger partial charge in [-0.25, -0.2) is 4.39 Å². The van der Waals surface area contributed by atoms with Gasteiger partial charge in [0, 0.05) is 20.5 Å². The lowest BCUT2D eigenvalue weighted by Crippen LogP contribution is -2.21. The molecule has 104 valence electrons. The zero-order chi connectivity index (χ0) is 14.4. The summed E-state index contributed by atoms with van der Waals surface area (Å²) in [4.78, 5) is 24.2. The van der Waals surface area contributed by atoms with Crippen LogP contribution in [0.4, 0.5) is 4.39 Å². The summed E-state index contributed by atoms with van der Waals surface area (Å²) in [5.74, 6) is -0.347. The Hall–Kier alpha value is -1.91. The molecule has 19 heavy (non-hydrogen) atoms. The number of halogens is 1. The van der Waals surface area contributed by atoms with Gasteiger partial charge >= 0.3 is 0 Å². The van der Waals surface area contributed by atoms with E-state index in [0.29, 0.717) is 25.2 Å². The van der Waals surface area contributed by atoms with Crippen molar-refractivity contribution < 1.29 is 18.7 Å². The molecule has 0 radical (unpaired) electrons. The summed E-state index contributed by atoms with van der Waals surface area (Å²) >= 11 is 0. The lowest BCUT2D eigenvalue weighted by molar-refractivity contribution is -0.128. The predicted molar refractivity (Wildman–Crippen MR) is 69.8 cm³/mol. The molecule has 0 unspecified atom stereocenters. The van der Waals surface area contributed by atoms with Crippen LogP contribution < -0.4 is 4.74 Å². The largest absolute Gasteiger partial charge is 0.493 e. The van der Waals surface area contributed by atoms with Crippen molar-refractivity contribution in [1.82, 2.24) is 4.90 Å². The molecular formula is C14H18FNO3. The molecule has 1 amide bonds. The molecule has 5 heteroatoms. The van der Waals surface area contributed by atoms with E-state index in [1.165, 1.54) is 24.0 Å². The highest BCUT2D eigenvalue weighted by Gasteiger charge is 2.10. The molecule has 0 N–H and O–H groups in total. The van der Waals surface area contributed by atoms with E-state index in [1.54, 1.807) is 14.1 Å². The minimum absolute atomic E-state index is 0.0227. The fourth-order valence-electron chi connectivity index (χ4n) is 1.53. The Morgan fingerprint density at radius 3 is 2.58 bits per heavy atom. The molecule has 0 aliphatic carbocycles. The van der Waals surface area contributed by atoms with Gasteiger partial charge < -0.3 is 9.64 Å². The third-order valence-electron chi connectivity index (χ3n) is 2.61. The first-order chi connectivity index (χ1) is 8.91. The maximum absolute atomic E-state index is 13.0. The van der Waals surface area contributed by atoms with Crippen molar-refractivity contribution in [2.24, 2.45) is 0 Å². The second-order valence-electron chi connectivity index (χ2n) is 4.44. The Kier molecular flexibility index (Phi) is 5.48. The van der Waals surface area contributed by atoms with Crippen LogP contribution in [0.5, 0.6) is 5.75 Å². The first-order valence-corrected chi connectivity index (χ1v) is 6.05. The zero-order valence-electron chi connectivity index (χ0n) is 11.4. The van der Waals surface area contributed by atoms with Crippen molar-refractivity contribution in [1.29, 1.82) is 0 Å². The van der Waals surface area contributed by atoms with Crippen molar-refractivity contribution in [2.45, 2.75) is 19.8 Å². The number of carbonyl (C=O) groups excluding carboxylic acids is 2. The van der Waals surface area contributed by atoms with Crippen LogP contribution in [0.1, 0.15) is 30.1 Å². The van der Waals surface area contributed by atoms with E-state index in [0.717, 1.165) is 6.07 Å². The first-order valence-electron chi connectivity index (χ1n) is 6.05. The molecule has 0 saturated heterocycles. The molecule has 0 aromatic heterocycles. The smallest absolute Gasteiger partial charge is 0.222 e. The summed E-state index contributed by atoms with van der Waals surface area (Å²) in [6, 6.07) is 3.83. The van der Waals surface area contributed by atoms with Crippen LogP contribution in [-0.4, -0.2) is 37.3 Å². The topological polar surface area (TPSA) is 46.6 Å². The quantitative estimate of drug-likeness (QED) is 0.587. The van der Waals surface area contributed by atoms with E-state index in [-0.39, 0.29) is 17.3 Å². The standard InChI is InChI=1S/C14H18FNO3/c1-10(17)12-9-11(15)6-7-13(12)19-8-4-5-14(18)16(2)3/h6-7,9H,4-5,8H2,1-3H3. The summed E-state index contributed by atoms with van der Waals surface area (Å²) < 4.78 is 18.5. The van der Waals surface area contributed by atoms with Crippen molar-refractivity contribution in [3.63, 3.8) is 0 Å². The SMILES string of the molecule is CC(=O)c1cc(F)ccc1OCCCC(=O)N(C)C. The van der Waals surface area contributed by atoms with Crippen LogP contribution in [0.3, 0.4) is 0 Å². The molecule has 1 aromatic carbocycles. The average molecular weight is 267 g/mol. The van der Waals surface area contributed by atoms with Crippen molar-refractivity contribution in [2.75, 3.05) is 20.7 Å². The third-order valence-corrected chi connectivity index (χ3v) is 2.61. The lowest BCUT2D eigenvalue weighted by Gasteiger charge is -2.12. The summed E-state index contributed by atoms with van der Waals surface area (Å²) in [7, 11) is 3.38. The number of Topliss-reactive ketones (excluding diaryl/α,β-unsaturated/α-hetero) is 1. The molecule has 0 spiro atoms. The molecule has 0 heterocycles. The van der Waals surface area contributed by atoms with Crippen LogP contribution in [0.2, 0.25) is 0 Å². The number of amides is 1. The highest BCUT2D eigenvalue weighted by atomic mass is 19.1. The summed E-state index contributed by atoms with van der Waals surface area (Å²) in [6.07, 6.45) is 0.926. The van der Waals surface area contributed by atoms with Crippen molar-refractivity contribution in [3.05, 3.63) is 29.6 Å². The van der Waals surface area contributed by atoms with Gasteiger partial charge in [-0.3, -0.25) is 9.59 Å². The van der Waals surface area contributed by atoms with E-state index in [4.69, 9.17) is 4.74 Å². The molecule has 0 aliphatic rings. The van der Waals surface area contributed by atoms with Crippen molar-refractivity contribution in [3.8, 4) is 5.75 Å². The maximum atomic E-state index is 13.0. The average Bonchev–Trinajstić information content (AvgIpc) is 2.35. The third kappa shape index (κ3) is 4.69. The Morgan fingerprint density at radius 1 is 1.32 bits per heavy atom.